The molecule has 0 spiro atoms. The van der Waals surface area contributed by atoms with Gasteiger partial charge in [-0.2, -0.15) is 0 Å². The molecule has 330 valence electrons. The van der Waals surface area contributed by atoms with Crippen molar-refractivity contribution >= 4 is 0 Å². The van der Waals surface area contributed by atoms with Crippen molar-refractivity contribution in [1.82, 2.24) is 0 Å². The maximum atomic E-state index is 10.5. The first-order valence-corrected chi connectivity index (χ1v) is 24.0. The Morgan fingerprint density at radius 2 is 0.727 bits per heavy atom. The fraction of sp³-hybridized carbons (Fsp3) is 1.00. The Morgan fingerprint density at radius 3 is 1.04 bits per heavy atom. The number of rotatable bonds is 42. The molecule has 0 aromatic rings. The van der Waals surface area contributed by atoms with Gasteiger partial charge in [-0.1, -0.05) is 213 Å². The Hall–Kier alpha value is -0.320. The quantitative estimate of drug-likeness (QED) is 0.0452. The monoisotopic (exact) mass is 787 g/mol. The summed E-state index contributed by atoms with van der Waals surface area (Å²) < 4.78 is 23.9. The van der Waals surface area contributed by atoms with Gasteiger partial charge < -0.3 is 39.4 Å². The van der Waals surface area contributed by atoms with Gasteiger partial charge in [0.2, 0.25) is 0 Å². The summed E-state index contributed by atoms with van der Waals surface area (Å²) in [6.07, 6.45) is 36.5. The van der Waals surface area contributed by atoms with E-state index in [1.54, 1.807) is 0 Å². The van der Waals surface area contributed by atoms with Gasteiger partial charge in [-0.3, -0.25) is 0 Å². The SMILES string of the molecule is CCCCCCCCCCCCCCCCCCOCC(C)(COCCCCCCCCCCCCCCCCCC)CO[C@H]1O[C@H](CO)[C@H](O)[C@H](O)[C@H]1O. The highest BCUT2D eigenvalue weighted by Gasteiger charge is 2.44. The van der Waals surface area contributed by atoms with Crippen LogP contribution in [-0.4, -0.2) is 90.8 Å². The maximum absolute atomic E-state index is 10.5. The van der Waals surface area contributed by atoms with Crippen molar-refractivity contribution in [1.29, 1.82) is 0 Å². The molecule has 4 N–H and O–H groups in total. The molecule has 8 nitrogen and oxygen atoms in total. The second-order valence-corrected chi connectivity index (χ2v) is 17.5. The van der Waals surface area contributed by atoms with Crippen molar-refractivity contribution in [2.75, 3.05) is 39.6 Å². The normalized spacial score (nSPS) is 20.5. The molecule has 1 aliphatic heterocycles. The third kappa shape index (κ3) is 29.5. The predicted octanol–water partition coefficient (Wildman–Crippen LogP) is 11.4. The van der Waals surface area contributed by atoms with Gasteiger partial charge >= 0.3 is 0 Å². The highest BCUT2D eigenvalue weighted by Crippen LogP contribution is 2.26. The minimum atomic E-state index is -1.46. The van der Waals surface area contributed by atoms with Gasteiger partial charge in [0.15, 0.2) is 6.29 Å². The highest BCUT2D eigenvalue weighted by molar-refractivity contribution is 4.89. The lowest BCUT2D eigenvalue weighted by atomic mass is 9.93. The zero-order valence-corrected chi connectivity index (χ0v) is 36.7. The van der Waals surface area contributed by atoms with Crippen molar-refractivity contribution in [3.05, 3.63) is 0 Å². The predicted molar refractivity (Wildman–Crippen MR) is 229 cm³/mol. The fourth-order valence-corrected chi connectivity index (χ4v) is 7.76. The average Bonchev–Trinajstić information content (AvgIpc) is 3.19. The van der Waals surface area contributed by atoms with Crippen LogP contribution in [0.2, 0.25) is 0 Å². The van der Waals surface area contributed by atoms with Crippen LogP contribution in [0.1, 0.15) is 226 Å². The lowest BCUT2D eigenvalue weighted by molar-refractivity contribution is -0.307. The molecule has 5 atom stereocenters. The molecular formula is C47H94O8. The zero-order valence-electron chi connectivity index (χ0n) is 36.7. The Kier molecular flexibility index (Phi) is 36.3. The number of aliphatic hydroxyl groups excluding tert-OH is 4. The topological polar surface area (TPSA) is 118 Å². The van der Waals surface area contributed by atoms with Crippen molar-refractivity contribution in [3.63, 3.8) is 0 Å². The standard InChI is InChI=1S/C47H94O8/c1-4-6-8-10-12-14-16-18-20-22-24-26-28-30-32-34-36-52-39-47(3,41-54-46-45(51)44(50)43(49)42(38-48)55-46)40-53-37-35-33-31-29-27-25-23-21-19-17-15-13-11-9-7-5-2/h42-46,48-51H,4-41H2,1-3H3/t42-,43+,44+,45-,46+/m1/s1. The Labute approximate surface area is 340 Å². The summed E-state index contributed by atoms with van der Waals surface area (Å²) in [5.41, 5.74) is -0.483. The van der Waals surface area contributed by atoms with E-state index < -0.39 is 42.7 Å². The number of hydrogen-bond acceptors (Lipinski definition) is 8. The number of aliphatic hydroxyl groups is 4. The molecule has 0 unspecified atom stereocenters. The molecule has 1 aliphatic rings. The highest BCUT2D eigenvalue weighted by atomic mass is 16.7. The largest absolute Gasteiger partial charge is 0.394 e. The average molecular weight is 787 g/mol. The van der Waals surface area contributed by atoms with E-state index in [2.05, 4.69) is 20.8 Å². The summed E-state index contributed by atoms with van der Waals surface area (Å²) in [5, 5.41) is 40.4. The van der Waals surface area contributed by atoms with Crippen molar-refractivity contribution in [2.24, 2.45) is 5.41 Å². The van der Waals surface area contributed by atoms with Crippen LogP contribution >= 0.6 is 0 Å². The molecular weight excluding hydrogens is 693 g/mol. The summed E-state index contributed by atoms with van der Waals surface area (Å²) in [4.78, 5) is 0. The van der Waals surface area contributed by atoms with Gasteiger partial charge in [-0.05, 0) is 12.8 Å². The molecule has 0 radical (unpaired) electrons. The molecule has 0 aliphatic carbocycles. The van der Waals surface area contributed by atoms with E-state index in [1.807, 2.05) is 0 Å². The van der Waals surface area contributed by atoms with Gasteiger partial charge in [0.1, 0.15) is 24.4 Å². The summed E-state index contributed by atoms with van der Waals surface area (Å²) in [6.45, 7) is 8.59. The van der Waals surface area contributed by atoms with E-state index in [9.17, 15) is 20.4 Å². The van der Waals surface area contributed by atoms with E-state index in [-0.39, 0.29) is 6.61 Å². The third-order valence-electron chi connectivity index (χ3n) is 11.6. The molecule has 55 heavy (non-hydrogen) atoms. The van der Waals surface area contributed by atoms with E-state index in [0.29, 0.717) is 26.4 Å². The van der Waals surface area contributed by atoms with Crippen molar-refractivity contribution in [3.8, 4) is 0 Å². The molecule has 0 amide bonds. The molecule has 0 aromatic carbocycles. The first-order valence-electron chi connectivity index (χ1n) is 24.0. The minimum Gasteiger partial charge on any atom is -0.394 e. The molecule has 1 rings (SSSR count). The van der Waals surface area contributed by atoms with Gasteiger partial charge in [0.05, 0.1) is 26.4 Å². The van der Waals surface area contributed by atoms with Crippen molar-refractivity contribution < 1.29 is 39.4 Å². The van der Waals surface area contributed by atoms with Crippen LogP contribution in [0.4, 0.5) is 0 Å². The summed E-state index contributed by atoms with van der Waals surface area (Å²) in [7, 11) is 0. The Morgan fingerprint density at radius 1 is 0.418 bits per heavy atom. The molecule has 0 saturated carbocycles. The molecule has 0 aromatic heterocycles. The number of ether oxygens (including phenoxy) is 4. The van der Waals surface area contributed by atoms with E-state index in [1.165, 1.54) is 193 Å². The van der Waals surface area contributed by atoms with Gasteiger partial charge in [-0.15, -0.1) is 0 Å². The van der Waals surface area contributed by atoms with Crippen LogP contribution < -0.4 is 0 Å². The first kappa shape index (κ1) is 52.7. The van der Waals surface area contributed by atoms with Crippen molar-refractivity contribution in [2.45, 2.75) is 257 Å². The number of unbranched alkanes of at least 4 members (excludes halogenated alkanes) is 30. The fourth-order valence-electron chi connectivity index (χ4n) is 7.76. The second kappa shape index (κ2) is 37.9. The summed E-state index contributed by atoms with van der Waals surface area (Å²) >= 11 is 0. The molecule has 1 fully saturated rings. The summed E-state index contributed by atoms with van der Waals surface area (Å²) in [6, 6.07) is 0. The minimum absolute atomic E-state index is 0.188. The maximum Gasteiger partial charge on any atom is 0.186 e. The Balaban J connectivity index is 2.23. The van der Waals surface area contributed by atoms with Gasteiger partial charge in [0, 0.05) is 18.6 Å². The van der Waals surface area contributed by atoms with Crippen LogP contribution in [0, 0.1) is 5.41 Å². The molecule has 1 heterocycles. The van der Waals surface area contributed by atoms with Crippen LogP contribution in [0.3, 0.4) is 0 Å². The lowest BCUT2D eigenvalue weighted by Gasteiger charge is -2.41. The second-order valence-electron chi connectivity index (χ2n) is 17.5. The van der Waals surface area contributed by atoms with Crippen LogP contribution in [0.5, 0.6) is 0 Å². The van der Waals surface area contributed by atoms with Gasteiger partial charge in [0.25, 0.3) is 0 Å². The smallest absolute Gasteiger partial charge is 0.186 e. The summed E-state index contributed by atoms with van der Waals surface area (Å²) in [5.74, 6) is 0. The number of hydrogen-bond donors (Lipinski definition) is 4. The third-order valence-corrected chi connectivity index (χ3v) is 11.6. The lowest BCUT2D eigenvalue weighted by Crippen LogP contribution is -2.59. The van der Waals surface area contributed by atoms with Gasteiger partial charge in [-0.25, -0.2) is 0 Å². The Bertz CT molecular complexity index is 742. The van der Waals surface area contributed by atoms with E-state index in [4.69, 9.17) is 18.9 Å². The van der Waals surface area contributed by atoms with Crippen LogP contribution in [-0.2, 0) is 18.9 Å². The zero-order chi connectivity index (χ0) is 40.1. The molecule has 1 saturated heterocycles. The molecule has 0 bridgehead atoms. The first-order chi connectivity index (χ1) is 26.9. The van der Waals surface area contributed by atoms with Crippen LogP contribution in [0.25, 0.3) is 0 Å². The van der Waals surface area contributed by atoms with E-state index >= 15 is 0 Å². The molecule has 8 heteroatoms. The van der Waals surface area contributed by atoms with E-state index in [0.717, 1.165) is 12.8 Å². The van der Waals surface area contributed by atoms with Crippen LogP contribution in [0.15, 0.2) is 0 Å².